The largest absolute Gasteiger partial charge is 0.573 e. The number of primary amides is 1. The Labute approximate surface area is 186 Å². The number of carbonyl (C=O) groups is 3. The van der Waals surface area contributed by atoms with Crippen molar-refractivity contribution in [3.8, 4) is 5.75 Å². The van der Waals surface area contributed by atoms with Crippen LogP contribution in [0.1, 0.15) is 28.8 Å². The van der Waals surface area contributed by atoms with Crippen LogP contribution in [0.25, 0.3) is 0 Å². The first-order valence-electron chi connectivity index (χ1n) is 10.6. The number of nitrogens with one attached hydrogen (secondary N) is 1. The number of alkyl halides is 3. The zero-order chi connectivity index (χ0) is 23.6. The Balaban J connectivity index is 1.11. The standard InChI is InChI=1S/C21H23F3N4O5/c22-21(23,24)33-15-4-12(1-2-14(15)16(25)29)3-13-5-19(6-13)7-27(8-19)18(31)28-9-20(10-28)11-32-17(30)26-20/h1-2,4,13H,3,5-11H2,(H2,25,29)(H,26,30). The fourth-order valence-corrected chi connectivity index (χ4v) is 5.59. The third-order valence-electron chi connectivity index (χ3n) is 6.93. The van der Waals surface area contributed by atoms with Crippen LogP contribution in [-0.4, -0.2) is 72.5 Å². The molecule has 2 spiro atoms. The highest BCUT2D eigenvalue weighted by Crippen LogP contribution is 2.53. The Morgan fingerprint density at radius 2 is 1.85 bits per heavy atom. The second-order valence-electron chi connectivity index (χ2n) is 9.70. The van der Waals surface area contributed by atoms with Crippen LogP contribution in [0.3, 0.4) is 0 Å². The van der Waals surface area contributed by atoms with Crippen molar-refractivity contribution < 1.29 is 37.0 Å². The van der Waals surface area contributed by atoms with E-state index in [1.54, 1.807) is 15.9 Å². The fraction of sp³-hybridized carbons (Fsp3) is 0.571. The highest BCUT2D eigenvalue weighted by atomic mass is 19.4. The van der Waals surface area contributed by atoms with E-state index in [4.69, 9.17) is 10.5 Å². The molecule has 9 nitrogen and oxygen atoms in total. The molecule has 3 aliphatic heterocycles. The van der Waals surface area contributed by atoms with E-state index >= 15 is 0 Å². The molecular weight excluding hydrogens is 445 g/mol. The van der Waals surface area contributed by atoms with E-state index in [2.05, 4.69) is 10.1 Å². The maximum atomic E-state index is 12.7. The SMILES string of the molecule is NC(=O)c1ccc(CC2CC3(C2)CN(C(=O)N2CC4(COC(=O)N4)C2)C3)cc1OC(F)(F)F. The second kappa shape index (κ2) is 7.16. The summed E-state index contributed by atoms with van der Waals surface area (Å²) in [7, 11) is 0. The molecule has 1 aliphatic carbocycles. The molecule has 5 rings (SSSR count). The van der Waals surface area contributed by atoms with Crippen LogP contribution in [0.5, 0.6) is 5.75 Å². The Morgan fingerprint density at radius 1 is 1.18 bits per heavy atom. The number of hydrogen-bond acceptors (Lipinski definition) is 5. The minimum Gasteiger partial charge on any atom is -0.447 e. The maximum absolute atomic E-state index is 12.7. The molecular formula is C21H23F3N4O5. The number of benzene rings is 1. The van der Waals surface area contributed by atoms with E-state index < -0.39 is 29.7 Å². The molecule has 3 saturated heterocycles. The molecule has 1 aromatic carbocycles. The van der Waals surface area contributed by atoms with Crippen molar-refractivity contribution in [2.45, 2.75) is 31.2 Å². The van der Waals surface area contributed by atoms with E-state index in [0.717, 1.165) is 12.8 Å². The van der Waals surface area contributed by atoms with Gasteiger partial charge in [-0.1, -0.05) is 6.07 Å². The van der Waals surface area contributed by atoms with Crippen LogP contribution >= 0.6 is 0 Å². The van der Waals surface area contributed by atoms with Crippen molar-refractivity contribution in [1.29, 1.82) is 0 Å². The Morgan fingerprint density at radius 3 is 2.42 bits per heavy atom. The van der Waals surface area contributed by atoms with Gasteiger partial charge < -0.3 is 30.3 Å². The average Bonchev–Trinajstić information content (AvgIpc) is 3.01. The van der Waals surface area contributed by atoms with Crippen LogP contribution in [0.2, 0.25) is 0 Å². The van der Waals surface area contributed by atoms with Gasteiger partial charge in [-0.15, -0.1) is 13.2 Å². The number of ether oxygens (including phenoxy) is 2. The molecule has 3 N–H and O–H groups in total. The number of amides is 4. The van der Waals surface area contributed by atoms with Gasteiger partial charge in [0.25, 0.3) is 5.91 Å². The summed E-state index contributed by atoms with van der Waals surface area (Å²) >= 11 is 0. The van der Waals surface area contributed by atoms with Gasteiger partial charge in [-0.2, -0.15) is 0 Å². The summed E-state index contributed by atoms with van der Waals surface area (Å²) < 4.78 is 46.9. The third kappa shape index (κ3) is 4.02. The lowest BCUT2D eigenvalue weighted by atomic mass is 9.56. The molecule has 4 amide bonds. The Kier molecular flexibility index (Phi) is 4.70. The van der Waals surface area contributed by atoms with E-state index in [9.17, 15) is 27.6 Å². The van der Waals surface area contributed by atoms with Gasteiger partial charge >= 0.3 is 18.5 Å². The highest BCUT2D eigenvalue weighted by molar-refractivity contribution is 5.95. The number of hydrogen-bond donors (Lipinski definition) is 2. The van der Waals surface area contributed by atoms with Crippen LogP contribution in [0, 0.1) is 11.3 Å². The quantitative estimate of drug-likeness (QED) is 0.700. The number of halogens is 3. The summed E-state index contributed by atoms with van der Waals surface area (Å²) in [5.74, 6) is -1.30. The van der Waals surface area contributed by atoms with Crippen LogP contribution in [0.15, 0.2) is 18.2 Å². The molecule has 4 fully saturated rings. The smallest absolute Gasteiger partial charge is 0.447 e. The average molecular weight is 468 g/mol. The number of likely N-dealkylation sites (tertiary alicyclic amines) is 2. The van der Waals surface area contributed by atoms with Crippen molar-refractivity contribution in [1.82, 2.24) is 15.1 Å². The lowest BCUT2D eigenvalue weighted by molar-refractivity contribution is -0.274. The second-order valence-corrected chi connectivity index (χ2v) is 9.70. The van der Waals surface area contributed by atoms with Crippen molar-refractivity contribution in [3.63, 3.8) is 0 Å². The molecule has 0 atom stereocenters. The fourth-order valence-electron chi connectivity index (χ4n) is 5.59. The van der Waals surface area contributed by atoms with Crippen LogP contribution < -0.4 is 15.8 Å². The molecule has 1 saturated carbocycles. The molecule has 0 unspecified atom stereocenters. The van der Waals surface area contributed by atoms with Gasteiger partial charge in [0.2, 0.25) is 0 Å². The number of rotatable bonds is 4. The summed E-state index contributed by atoms with van der Waals surface area (Å²) in [4.78, 5) is 38.7. The molecule has 0 radical (unpaired) electrons. The lowest BCUT2D eigenvalue weighted by Gasteiger charge is -2.61. The van der Waals surface area contributed by atoms with Gasteiger partial charge in [0, 0.05) is 18.5 Å². The minimum atomic E-state index is -4.92. The Hall–Kier alpha value is -3.18. The first-order valence-corrected chi connectivity index (χ1v) is 10.6. The summed E-state index contributed by atoms with van der Waals surface area (Å²) in [6.45, 7) is 2.45. The van der Waals surface area contributed by atoms with Gasteiger partial charge in [0.15, 0.2) is 0 Å². The van der Waals surface area contributed by atoms with E-state index in [0.29, 0.717) is 38.2 Å². The van der Waals surface area contributed by atoms with Crippen molar-refractivity contribution in [2.75, 3.05) is 32.8 Å². The molecule has 0 bridgehead atoms. The van der Waals surface area contributed by atoms with Gasteiger partial charge in [-0.25, -0.2) is 9.59 Å². The van der Waals surface area contributed by atoms with Gasteiger partial charge in [0.05, 0.1) is 18.7 Å². The van der Waals surface area contributed by atoms with E-state index in [1.165, 1.54) is 12.1 Å². The Bertz CT molecular complexity index is 1010. The molecule has 33 heavy (non-hydrogen) atoms. The van der Waals surface area contributed by atoms with E-state index in [-0.39, 0.29) is 29.5 Å². The van der Waals surface area contributed by atoms with Gasteiger partial charge in [-0.3, -0.25) is 4.79 Å². The summed E-state index contributed by atoms with van der Waals surface area (Å²) in [6, 6.07) is 4.03. The molecule has 12 heteroatoms. The summed E-state index contributed by atoms with van der Waals surface area (Å²) in [5.41, 5.74) is 5.09. The van der Waals surface area contributed by atoms with E-state index in [1.807, 2.05) is 0 Å². The first kappa shape index (κ1) is 21.7. The maximum Gasteiger partial charge on any atom is 0.573 e. The topological polar surface area (TPSA) is 114 Å². The predicted molar refractivity (Wildman–Crippen MR) is 106 cm³/mol. The molecule has 3 heterocycles. The minimum absolute atomic E-state index is 0.0492. The van der Waals surface area contributed by atoms with Gasteiger partial charge in [0.1, 0.15) is 17.9 Å². The number of carbonyl (C=O) groups excluding carboxylic acids is 3. The summed E-state index contributed by atoms with van der Waals surface area (Å²) in [5, 5.41) is 2.75. The van der Waals surface area contributed by atoms with Gasteiger partial charge in [-0.05, 0) is 42.9 Å². The normalized spacial score (nSPS) is 22.8. The zero-order valence-corrected chi connectivity index (χ0v) is 17.6. The number of nitrogens with zero attached hydrogens (tertiary/aromatic N) is 2. The number of alkyl carbamates (subject to hydrolysis) is 1. The molecule has 1 aromatic rings. The number of urea groups is 1. The lowest BCUT2D eigenvalue weighted by Crippen LogP contribution is -2.74. The third-order valence-corrected chi connectivity index (χ3v) is 6.93. The van der Waals surface area contributed by atoms with Crippen molar-refractivity contribution in [2.24, 2.45) is 17.1 Å². The number of nitrogens with two attached hydrogens (primary N) is 1. The molecule has 4 aliphatic rings. The van der Waals surface area contributed by atoms with Crippen molar-refractivity contribution in [3.05, 3.63) is 29.3 Å². The van der Waals surface area contributed by atoms with Crippen molar-refractivity contribution >= 4 is 18.0 Å². The number of cyclic esters (lactones) is 1. The highest BCUT2D eigenvalue weighted by Gasteiger charge is 2.57. The van der Waals surface area contributed by atoms with Crippen LogP contribution in [0.4, 0.5) is 22.8 Å². The molecule has 0 aromatic heterocycles. The first-order chi connectivity index (χ1) is 15.4. The monoisotopic (exact) mass is 468 g/mol. The van der Waals surface area contributed by atoms with Crippen LogP contribution in [-0.2, 0) is 11.2 Å². The molecule has 178 valence electrons. The summed E-state index contributed by atoms with van der Waals surface area (Å²) in [6.07, 6.45) is -3.07. The zero-order valence-electron chi connectivity index (χ0n) is 17.6. The predicted octanol–water partition coefficient (Wildman–Crippen LogP) is 1.85.